The van der Waals surface area contributed by atoms with E-state index in [1.807, 2.05) is 0 Å². The Bertz CT molecular complexity index is 873. The zero-order chi connectivity index (χ0) is 18.7. The van der Waals surface area contributed by atoms with Crippen molar-refractivity contribution < 1.29 is 21.9 Å². The van der Waals surface area contributed by atoms with Crippen LogP contribution >= 0.6 is 11.6 Å². The number of benzene rings is 1. The van der Waals surface area contributed by atoms with E-state index in [2.05, 4.69) is 14.7 Å². The molecule has 6 nitrogen and oxygen atoms in total. The van der Waals surface area contributed by atoms with Gasteiger partial charge in [0.2, 0.25) is 10.0 Å². The highest BCUT2D eigenvalue weighted by atomic mass is 35.5. The molecule has 0 radical (unpaired) electrons. The van der Waals surface area contributed by atoms with Crippen LogP contribution in [0.5, 0.6) is 6.01 Å². The normalized spacial score (nSPS) is 20.7. The van der Waals surface area contributed by atoms with Gasteiger partial charge in [0, 0.05) is 12.1 Å². The van der Waals surface area contributed by atoms with E-state index in [0.29, 0.717) is 36.8 Å². The van der Waals surface area contributed by atoms with Crippen molar-refractivity contribution in [2.45, 2.75) is 42.7 Å². The molecule has 1 heterocycles. The molecular formula is C16H16ClF2N3O3S. The van der Waals surface area contributed by atoms with Crippen LogP contribution in [0.2, 0.25) is 5.02 Å². The maximum absolute atomic E-state index is 13.7. The fraction of sp³-hybridized carbons (Fsp3) is 0.375. The van der Waals surface area contributed by atoms with Crippen molar-refractivity contribution in [2.75, 3.05) is 0 Å². The van der Waals surface area contributed by atoms with E-state index in [-0.39, 0.29) is 18.2 Å². The lowest BCUT2D eigenvalue weighted by Gasteiger charge is -2.28. The average Bonchev–Trinajstić information content (AvgIpc) is 2.58. The van der Waals surface area contributed by atoms with Gasteiger partial charge in [0.15, 0.2) is 0 Å². The molecule has 0 bridgehead atoms. The molecule has 0 spiro atoms. The third kappa shape index (κ3) is 4.66. The van der Waals surface area contributed by atoms with Crippen molar-refractivity contribution in [2.24, 2.45) is 0 Å². The lowest BCUT2D eigenvalue weighted by molar-refractivity contribution is 0.132. The number of sulfonamides is 1. The van der Waals surface area contributed by atoms with Crippen LogP contribution in [0.1, 0.15) is 25.7 Å². The van der Waals surface area contributed by atoms with Gasteiger partial charge in [0.25, 0.3) is 0 Å². The summed E-state index contributed by atoms with van der Waals surface area (Å²) < 4.78 is 59.4. The molecule has 10 heteroatoms. The fourth-order valence-corrected chi connectivity index (χ4v) is 4.25. The zero-order valence-corrected chi connectivity index (χ0v) is 15.1. The summed E-state index contributed by atoms with van der Waals surface area (Å²) in [5.41, 5.74) is 0. The first-order valence-electron chi connectivity index (χ1n) is 7.95. The molecule has 0 unspecified atom stereocenters. The smallest absolute Gasteiger partial charge is 0.316 e. The van der Waals surface area contributed by atoms with Crippen LogP contribution in [0.4, 0.5) is 8.78 Å². The number of nitrogens with zero attached hydrogens (tertiary/aromatic N) is 2. The SMILES string of the molecule is O=S(=O)(NC1CCC(Oc2ncc(Cl)cn2)CC1)c1ccc(F)cc1F. The molecule has 1 saturated carbocycles. The van der Waals surface area contributed by atoms with E-state index >= 15 is 0 Å². The van der Waals surface area contributed by atoms with E-state index in [1.165, 1.54) is 12.4 Å². The van der Waals surface area contributed by atoms with E-state index in [4.69, 9.17) is 16.3 Å². The molecule has 1 aliphatic carbocycles. The maximum atomic E-state index is 13.7. The Kier molecular flexibility index (Phi) is 5.69. The van der Waals surface area contributed by atoms with Crippen LogP contribution in [-0.4, -0.2) is 30.5 Å². The van der Waals surface area contributed by atoms with Gasteiger partial charge in [0.1, 0.15) is 22.6 Å². The minimum atomic E-state index is -4.06. The molecule has 26 heavy (non-hydrogen) atoms. The summed E-state index contributed by atoms with van der Waals surface area (Å²) in [6, 6.07) is 2.24. The Morgan fingerprint density at radius 2 is 1.77 bits per heavy atom. The number of aromatic nitrogens is 2. The lowest BCUT2D eigenvalue weighted by atomic mass is 9.94. The highest BCUT2D eigenvalue weighted by Gasteiger charge is 2.28. The summed E-state index contributed by atoms with van der Waals surface area (Å²) in [5, 5.41) is 0.406. The second-order valence-electron chi connectivity index (χ2n) is 5.97. The van der Waals surface area contributed by atoms with E-state index < -0.39 is 26.6 Å². The molecule has 2 aromatic rings. The zero-order valence-electron chi connectivity index (χ0n) is 13.5. The van der Waals surface area contributed by atoms with Gasteiger partial charge < -0.3 is 4.74 Å². The lowest BCUT2D eigenvalue weighted by Crippen LogP contribution is -2.40. The highest BCUT2D eigenvalue weighted by molar-refractivity contribution is 7.89. The number of nitrogens with one attached hydrogen (secondary N) is 1. The van der Waals surface area contributed by atoms with E-state index in [0.717, 1.165) is 12.1 Å². The van der Waals surface area contributed by atoms with Crippen LogP contribution in [0.3, 0.4) is 0 Å². The number of halogens is 3. The first kappa shape index (κ1) is 18.9. The molecule has 1 N–H and O–H groups in total. The minimum Gasteiger partial charge on any atom is -0.460 e. The molecule has 0 aliphatic heterocycles. The molecule has 1 aromatic carbocycles. The van der Waals surface area contributed by atoms with E-state index in [9.17, 15) is 17.2 Å². The number of ether oxygens (including phenoxy) is 1. The molecule has 3 rings (SSSR count). The van der Waals surface area contributed by atoms with Crippen molar-refractivity contribution in [3.05, 3.63) is 47.2 Å². The highest BCUT2D eigenvalue weighted by Crippen LogP contribution is 2.24. The van der Waals surface area contributed by atoms with Crippen molar-refractivity contribution in [1.29, 1.82) is 0 Å². The van der Waals surface area contributed by atoms with Crippen molar-refractivity contribution >= 4 is 21.6 Å². The second-order valence-corrected chi connectivity index (χ2v) is 8.09. The molecule has 1 aliphatic rings. The summed E-state index contributed by atoms with van der Waals surface area (Å²) in [5.74, 6) is -1.95. The van der Waals surface area contributed by atoms with Gasteiger partial charge in [-0.2, -0.15) is 0 Å². The van der Waals surface area contributed by atoms with Gasteiger partial charge in [0.05, 0.1) is 17.4 Å². The minimum absolute atomic E-state index is 0.139. The molecule has 1 aromatic heterocycles. The fourth-order valence-electron chi connectivity index (χ4n) is 2.78. The molecule has 140 valence electrons. The van der Waals surface area contributed by atoms with Gasteiger partial charge in [-0.3, -0.25) is 0 Å². The van der Waals surface area contributed by atoms with Crippen LogP contribution in [-0.2, 0) is 10.0 Å². The summed E-state index contributed by atoms with van der Waals surface area (Å²) >= 11 is 5.71. The van der Waals surface area contributed by atoms with Crippen molar-refractivity contribution in [3.63, 3.8) is 0 Å². The summed E-state index contributed by atoms with van der Waals surface area (Å²) in [7, 11) is -4.06. The Balaban J connectivity index is 1.57. The van der Waals surface area contributed by atoms with Crippen molar-refractivity contribution in [1.82, 2.24) is 14.7 Å². The van der Waals surface area contributed by atoms with Crippen molar-refractivity contribution in [3.8, 4) is 6.01 Å². The predicted molar refractivity (Wildman–Crippen MR) is 90.4 cm³/mol. The maximum Gasteiger partial charge on any atom is 0.316 e. The van der Waals surface area contributed by atoms with Crippen LogP contribution < -0.4 is 9.46 Å². The van der Waals surface area contributed by atoms with Crippen LogP contribution in [0.15, 0.2) is 35.5 Å². The Morgan fingerprint density at radius 3 is 2.38 bits per heavy atom. The van der Waals surface area contributed by atoms with Crippen LogP contribution in [0.25, 0.3) is 0 Å². The summed E-state index contributed by atoms with van der Waals surface area (Å²) in [6.07, 6.45) is 4.93. The molecule has 0 atom stereocenters. The molecular weight excluding hydrogens is 388 g/mol. The Labute approximate surface area is 154 Å². The van der Waals surface area contributed by atoms with Gasteiger partial charge >= 0.3 is 6.01 Å². The van der Waals surface area contributed by atoms with Gasteiger partial charge in [-0.25, -0.2) is 31.9 Å². The Morgan fingerprint density at radius 1 is 1.12 bits per heavy atom. The monoisotopic (exact) mass is 403 g/mol. The largest absolute Gasteiger partial charge is 0.460 e. The number of hydrogen-bond donors (Lipinski definition) is 1. The predicted octanol–water partition coefficient (Wildman–Crippen LogP) is 3.08. The standard InChI is InChI=1S/C16H16ClF2N3O3S/c17-10-8-20-16(21-9-10)25-13-4-2-12(3-5-13)22-26(23,24)15-6-1-11(18)7-14(15)19/h1,6-9,12-13,22H,2-5H2. The number of rotatable bonds is 5. The topological polar surface area (TPSA) is 81.2 Å². The summed E-state index contributed by atoms with van der Waals surface area (Å²) in [6.45, 7) is 0. The first-order chi connectivity index (χ1) is 12.3. The van der Waals surface area contributed by atoms with Gasteiger partial charge in [-0.1, -0.05) is 11.6 Å². The Hall–Kier alpha value is -1.84. The van der Waals surface area contributed by atoms with Gasteiger partial charge in [-0.15, -0.1) is 0 Å². The molecule has 1 fully saturated rings. The third-order valence-corrected chi connectivity index (χ3v) is 5.80. The quantitative estimate of drug-likeness (QED) is 0.829. The molecule has 0 saturated heterocycles. The average molecular weight is 404 g/mol. The molecule has 0 amide bonds. The second kappa shape index (κ2) is 7.81. The number of hydrogen-bond acceptors (Lipinski definition) is 5. The first-order valence-corrected chi connectivity index (χ1v) is 9.81. The van der Waals surface area contributed by atoms with Crippen LogP contribution in [0, 0.1) is 11.6 Å². The summed E-state index contributed by atoms with van der Waals surface area (Å²) in [4.78, 5) is 7.35. The van der Waals surface area contributed by atoms with E-state index in [1.54, 1.807) is 0 Å². The van der Waals surface area contributed by atoms with Gasteiger partial charge in [-0.05, 0) is 37.8 Å². The third-order valence-electron chi connectivity index (χ3n) is 4.05.